The number of para-hydroxylation sites is 1. The summed E-state index contributed by atoms with van der Waals surface area (Å²) >= 11 is 0. The number of nitrogens with one attached hydrogen (secondary N) is 1. The van der Waals surface area contributed by atoms with E-state index in [1.165, 1.54) is 6.20 Å². The van der Waals surface area contributed by atoms with Gasteiger partial charge in [0.1, 0.15) is 17.1 Å². The Labute approximate surface area is 154 Å². The van der Waals surface area contributed by atoms with E-state index in [0.29, 0.717) is 23.0 Å². The Morgan fingerprint density at radius 1 is 1.41 bits per heavy atom. The fraction of sp³-hybridized carbons (Fsp3) is 0.211. The molecule has 1 unspecified atom stereocenters. The lowest BCUT2D eigenvalue weighted by Crippen LogP contribution is -2.25. The van der Waals surface area contributed by atoms with Crippen molar-refractivity contribution in [3.05, 3.63) is 59.1 Å². The van der Waals surface area contributed by atoms with Crippen molar-refractivity contribution in [3.8, 4) is 11.6 Å². The summed E-state index contributed by atoms with van der Waals surface area (Å²) in [5.74, 6) is -0.106. The maximum atomic E-state index is 12.3. The number of nitrogens with zero attached hydrogens (tertiary/aromatic N) is 2. The quantitative estimate of drug-likeness (QED) is 0.734. The van der Waals surface area contributed by atoms with Crippen molar-refractivity contribution in [2.24, 2.45) is 0 Å². The molecule has 0 bridgehead atoms. The van der Waals surface area contributed by atoms with Crippen LogP contribution >= 0.6 is 0 Å². The van der Waals surface area contributed by atoms with Gasteiger partial charge in [-0.05, 0) is 13.0 Å². The van der Waals surface area contributed by atoms with Crippen molar-refractivity contribution in [2.75, 3.05) is 12.4 Å². The van der Waals surface area contributed by atoms with Gasteiger partial charge in [0.05, 0.1) is 18.5 Å². The van der Waals surface area contributed by atoms with Crippen molar-refractivity contribution in [1.29, 1.82) is 0 Å². The molecule has 2 N–H and O–H groups in total. The number of benzene rings is 1. The van der Waals surface area contributed by atoms with Gasteiger partial charge in [0, 0.05) is 30.2 Å². The number of carbonyl (C=O) groups is 2. The average Bonchev–Trinajstić information content (AvgIpc) is 3.24. The highest BCUT2D eigenvalue weighted by molar-refractivity contribution is 6.04. The smallest absolute Gasteiger partial charge is 0.339 e. The van der Waals surface area contributed by atoms with Gasteiger partial charge >= 0.3 is 5.97 Å². The molecule has 0 spiro atoms. The van der Waals surface area contributed by atoms with Gasteiger partial charge in [0.2, 0.25) is 5.91 Å². The van der Waals surface area contributed by atoms with Crippen LogP contribution in [0.3, 0.4) is 0 Å². The lowest BCUT2D eigenvalue weighted by molar-refractivity contribution is -0.116. The van der Waals surface area contributed by atoms with Crippen LogP contribution in [-0.2, 0) is 4.79 Å². The molecule has 1 amide bonds. The molecule has 1 aliphatic heterocycles. The number of carboxylic acid groups (broad SMARTS) is 1. The highest BCUT2D eigenvalue weighted by atomic mass is 16.5. The molecular formula is C19H17N3O5. The molecule has 8 nitrogen and oxygen atoms in total. The summed E-state index contributed by atoms with van der Waals surface area (Å²) in [6, 6.07) is 9.09. The Bertz CT molecular complexity index is 1050. The lowest BCUT2D eigenvalue weighted by atomic mass is 9.87. The number of anilines is 1. The Morgan fingerprint density at radius 3 is 2.85 bits per heavy atom. The first-order valence-electron chi connectivity index (χ1n) is 8.34. The maximum Gasteiger partial charge on any atom is 0.339 e. The van der Waals surface area contributed by atoms with Crippen molar-refractivity contribution in [1.82, 2.24) is 9.72 Å². The molecule has 0 saturated carbocycles. The van der Waals surface area contributed by atoms with E-state index in [9.17, 15) is 14.7 Å². The minimum atomic E-state index is -1.13. The third kappa shape index (κ3) is 2.75. The molecule has 0 radical (unpaired) electrons. The standard InChI is InChI=1S/C19H17N3O5/c1-10-7-15(21-27-10)22-9-13(19(24)25)17-18(22)12(8-16(23)20-17)11-5-3-4-6-14(11)26-2/h3-7,9,12H,8H2,1-2H3,(H,20,23)(H,24,25). The van der Waals surface area contributed by atoms with Crippen LogP contribution in [0.15, 0.2) is 41.1 Å². The molecule has 8 heteroatoms. The minimum absolute atomic E-state index is 0.00130. The van der Waals surface area contributed by atoms with E-state index in [1.54, 1.807) is 24.7 Å². The molecule has 1 atom stereocenters. The van der Waals surface area contributed by atoms with Gasteiger partial charge in [-0.1, -0.05) is 23.4 Å². The molecule has 1 aromatic carbocycles. The average molecular weight is 367 g/mol. The Kier molecular flexibility index (Phi) is 3.95. The van der Waals surface area contributed by atoms with Gasteiger partial charge in [0.25, 0.3) is 0 Å². The van der Waals surface area contributed by atoms with Crippen molar-refractivity contribution >= 4 is 17.6 Å². The van der Waals surface area contributed by atoms with Gasteiger partial charge < -0.3 is 19.7 Å². The first-order valence-corrected chi connectivity index (χ1v) is 8.34. The molecule has 3 aromatic rings. The number of methoxy groups -OCH3 is 1. The molecule has 2 aromatic heterocycles. The second-order valence-electron chi connectivity index (χ2n) is 6.32. The summed E-state index contributed by atoms with van der Waals surface area (Å²) in [7, 11) is 1.56. The van der Waals surface area contributed by atoms with Crippen molar-refractivity contribution in [3.63, 3.8) is 0 Å². The van der Waals surface area contributed by atoms with Crippen molar-refractivity contribution in [2.45, 2.75) is 19.3 Å². The predicted octanol–water partition coefficient (Wildman–Crippen LogP) is 2.95. The number of ether oxygens (including phenoxy) is 1. The maximum absolute atomic E-state index is 12.3. The Hall–Kier alpha value is -3.55. The molecule has 0 fully saturated rings. The number of rotatable bonds is 4. The van der Waals surface area contributed by atoms with Gasteiger partial charge in [0.15, 0.2) is 5.82 Å². The zero-order valence-corrected chi connectivity index (χ0v) is 14.7. The summed E-state index contributed by atoms with van der Waals surface area (Å²) in [5, 5.41) is 16.3. The minimum Gasteiger partial charge on any atom is -0.496 e. The second kappa shape index (κ2) is 6.31. The zero-order valence-electron chi connectivity index (χ0n) is 14.7. The fourth-order valence-electron chi connectivity index (χ4n) is 3.50. The zero-order chi connectivity index (χ0) is 19.1. The van der Waals surface area contributed by atoms with Gasteiger partial charge in [-0.15, -0.1) is 0 Å². The Morgan fingerprint density at radius 2 is 2.19 bits per heavy atom. The lowest BCUT2D eigenvalue weighted by Gasteiger charge is -2.26. The van der Waals surface area contributed by atoms with E-state index in [0.717, 1.165) is 5.56 Å². The van der Waals surface area contributed by atoms with Crippen molar-refractivity contribution < 1.29 is 24.0 Å². The number of carbonyl (C=O) groups excluding carboxylic acids is 1. The fourth-order valence-corrected chi connectivity index (χ4v) is 3.50. The normalized spacial score (nSPS) is 15.9. The molecule has 0 aliphatic carbocycles. The molecule has 138 valence electrons. The van der Waals surface area contributed by atoms with Gasteiger partial charge in [-0.25, -0.2) is 4.79 Å². The van der Waals surface area contributed by atoms with E-state index in [2.05, 4.69) is 10.5 Å². The van der Waals surface area contributed by atoms with E-state index in [4.69, 9.17) is 9.26 Å². The summed E-state index contributed by atoms with van der Waals surface area (Å²) < 4.78 is 12.3. The van der Waals surface area contributed by atoms with Gasteiger partial charge in [-0.3, -0.25) is 9.36 Å². The van der Waals surface area contributed by atoms with Crippen LogP contribution in [0.5, 0.6) is 5.75 Å². The number of aromatic nitrogens is 2. The number of hydrogen-bond acceptors (Lipinski definition) is 5. The molecule has 27 heavy (non-hydrogen) atoms. The highest BCUT2D eigenvalue weighted by Crippen LogP contribution is 2.43. The molecule has 1 aliphatic rings. The number of hydrogen-bond donors (Lipinski definition) is 2. The number of amides is 1. The van der Waals surface area contributed by atoms with E-state index >= 15 is 0 Å². The number of aromatic carboxylic acids is 1. The summed E-state index contributed by atoms with van der Waals surface area (Å²) in [6.45, 7) is 1.75. The van der Waals surface area contributed by atoms with E-state index in [1.807, 2.05) is 24.3 Å². The van der Waals surface area contributed by atoms with Crippen LogP contribution in [0.2, 0.25) is 0 Å². The molecular weight excluding hydrogens is 350 g/mol. The molecule has 0 saturated heterocycles. The van der Waals surface area contributed by atoms with Gasteiger partial charge in [-0.2, -0.15) is 0 Å². The first-order chi connectivity index (χ1) is 13.0. The SMILES string of the molecule is COc1ccccc1C1CC(=O)Nc2c(C(=O)O)cn(-c3cc(C)on3)c21. The van der Waals surface area contributed by atoms with Crippen LogP contribution in [0.1, 0.15) is 39.7 Å². The number of carboxylic acids is 1. The topological polar surface area (TPSA) is 107 Å². The van der Waals surface area contributed by atoms with Crippen LogP contribution < -0.4 is 10.1 Å². The van der Waals surface area contributed by atoms with Crippen LogP contribution in [0, 0.1) is 6.92 Å². The third-order valence-electron chi connectivity index (χ3n) is 4.63. The number of fused-ring (bicyclic) bond motifs is 1. The number of aryl methyl sites for hydroxylation is 1. The molecule has 4 rings (SSSR count). The van der Waals surface area contributed by atoms with E-state index < -0.39 is 11.9 Å². The summed E-state index contributed by atoms with van der Waals surface area (Å²) in [5.41, 5.74) is 1.70. The van der Waals surface area contributed by atoms with Crippen LogP contribution in [-0.4, -0.2) is 33.8 Å². The first kappa shape index (κ1) is 16.9. The largest absolute Gasteiger partial charge is 0.496 e. The van der Waals surface area contributed by atoms with Crippen LogP contribution in [0.25, 0.3) is 5.82 Å². The molecule has 3 heterocycles. The summed E-state index contributed by atoms with van der Waals surface area (Å²) in [4.78, 5) is 24.1. The monoisotopic (exact) mass is 367 g/mol. The highest BCUT2D eigenvalue weighted by Gasteiger charge is 2.36. The van der Waals surface area contributed by atoms with Crippen LogP contribution in [0.4, 0.5) is 5.69 Å². The summed E-state index contributed by atoms with van der Waals surface area (Å²) in [6.07, 6.45) is 1.62. The second-order valence-corrected chi connectivity index (χ2v) is 6.32. The third-order valence-corrected chi connectivity index (χ3v) is 4.63. The predicted molar refractivity (Wildman–Crippen MR) is 95.6 cm³/mol. The Balaban J connectivity index is 1.99. The van der Waals surface area contributed by atoms with E-state index in [-0.39, 0.29) is 23.6 Å².